The van der Waals surface area contributed by atoms with Gasteiger partial charge in [-0.1, -0.05) is 6.42 Å². The predicted octanol–water partition coefficient (Wildman–Crippen LogP) is 2.36. The Kier molecular flexibility index (Phi) is 4.95. The lowest BCUT2D eigenvalue weighted by Crippen LogP contribution is -2.44. The first kappa shape index (κ1) is 18.0. The van der Waals surface area contributed by atoms with Gasteiger partial charge in [-0.25, -0.2) is 26.4 Å². The van der Waals surface area contributed by atoms with Crippen molar-refractivity contribution in [3.63, 3.8) is 0 Å². The van der Waals surface area contributed by atoms with E-state index in [1.165, 1.54) is 0 Å². The lowest BCUT2D eigenvalue weighted by atomic mass is 10.1. The van der Waals surface area contributed by atoms with Crippen LogP contribution in [0, 0.1) is 17.5 Å². The molecule has 9 heteroatoms. The Balaban J connectivity index is 1.63. The van der Waals surface area contributed by atoms with Crippen molar-refractivity contribution in [3.8, 4) is 0 Å². The van der Waals surface area contributed by atoms with Crippen molar-refractivity contribution in [1.29, 1.82) is 0 Å². The molecule has 1 aliphatic carbocycles. The van der Waals surface area contributed by atoms with Crippen LogP contribution in [-0.2, 0) is 16.3 Å². The van der Waals surface area contributed by atoms with E-state index in [0.717, 1.165) is 12.5 Å². The Morgan fingerprint density at radius 2 is 1.92 bits per heavy atom. The Morgan fingerprint density at radius 3 is 2.64 bits per heavy atom. The van der Waals surface area contributed by atoms with Crippen molar-refractivity contribution >= 4 is 15.9 Å². The summed E-state index contributed by atoms with van der Waals surface area (Å²) in [5.41, 5.74) is 0.288. The number of halogens is 3. The molecule has 1 aromatic rings. The fourth-order valence-electron chi connectivity index (χ4n) is 3.50. The van der Waals surface area contributed by atoms with E-state index < -0.39 is 44.6 Å². The second-order valence-electron chi connectivity index (χ2n) is 6.49. The number of benzene rings is 1. The fraction of sp³-hybridized carbons (Fsp3) is 0.562. The summed E-state index contributed by atoms with van der Waals surface area (Å²) in [5.74, 6) is -3.97. The van der Waals surface area contributed by atoms with Crippen molar-refractivity contribution in [2.75, 3.05) is 12.3 Å². The molecule has 25 heavy (non-hydrogen) atoms. The number of nitrogens with one attached hydrogen (secondary N) is 2. The van der Waals surface area contributed by atoms with Crippen LogP contribution in [0.1, 0.15) is 42.9 Å². The molecule has 1 aliphatic heterocycles. The van der Waals surface area contributed by atoms with Gasteiger partial charge < -0.3 is 10.6 Å². The SMILES string of the molecule is O=C(NCC1CCCCS1(=O)=O)NC1CCc2cc(F)c(F)c(F)c21. The van der Waals surface area contributed by atoms with Gasteiger partial charge in [0.25, 0.3) is 0 Å². The van der Waals surface area contributed by atoms with Gasteiger partial charge in [0.15, 0.2) is 27.3 Å². The molecular weight excluding hydrogens is 357 g/mol. The van der Waals surface area contributed by atoms with E-state index in [1.54, 1.807) is 0 Å². The van der Waals surface area contributed by atoms with Crippen LogP contribution in [0.25, 0.3) is 0 Å². The molecule has 1 fully saturated rings. The number of aryl methyl sites for hydroxylation is 1. The number of amides is 2. The zero-order chi connectivity index (χ0) is 18.2. The first-order chi connectivity index (χ1) is 11.8. The summed E-state index contributed by atoms with van der Waals surface area (Å²) < 4.78 is 64.5. The summed E-state index contributed by atoms with van der Waals surface area (Å²) in [6, 6.07) is -0.474. The van der Waals surface area contributed by atoms with Crippen molar-refractivity contribution in [1.82, 2.24) is 10.6 Å². The Morgan fingerprint density at radius 1 is 1.16 bits per heavy atom. The van der Waals surface area contributed by atoms with Crippen LogP contribution >= 0.6 is 0 Å². The summed E-state index contributed by atoms with van der Waals surface area (Å²) in [6.07, 6.45) is 2.56. The quantitative estimate of drug-likeness (QED) is 0.796. The number of fused-ring (bicyclic) bond motifs is 1. The van der Waals surface area contributed by atoms with Gasteiger partial charge in [0, 0.05) is 12.1 Å². The average Bonchev–Trinajstić information content (AvgIpc) is 2.93. The minimum atomic E-state index is -3.21. The van der Waals surface area contributed by atoms with Gasteiger partial charge in [-0.05, 0) is 37.3 Å². The van der Waals surface area contributed by atoms with Crippen LogP contribution < -0.4 is 10.6 Å². The summed E-state index contributed by atoms with van der Waals surface area (Å²) >= 11 is 0. The number of carbonyl (C=O) groups excluding carboxylic acids is 1. The predicted molar refractivity (Wildman–Crippen MR) is 85.3 cm³/mol. The lowest BCUT2D eigenvalue weighted by molar-refractivity contribution is 0.236. The van der Waals surface area contributed by atoms with Gasteiger partial charge in [-0.2, -0.15) is 0 Å². The number of carbonyl (C=O) groups is 1. The van der Waals surface area contributed by atoms with Crippen molar-refractivity contribution < 1.29 is 26.4 Å². The molecule has 5 nitrogen and oxygen atoms in total. The molecule has 0 spiro atoms. The first-order valence-corrected chi connectivity index (χ1v) is 9.93. The molecule has 2 N–H and O–H groups in total. The standard InChI is InChI=1S/C16H19F3N2O3S/c17-11-7-9-4-5-12(13(9)15(19)14(11)18)21-16(22)20-8-10-3-1-2-6-25(10,23)24/h7,10,12H,1-6,8H2,(H2,20,21,22). The molecule has 2 unspecified atom stereocenters. The normalized spacial score (nSPS) is 24.6. The molecule has 0 aromatic heterocycles. The molecule has 0 saturated carbocycles. The molecule has 1 heterocycles. The zero-order valence-electron chi connectivity index (χ0n) is 13.4. The largest absolute Gasteiger partial charge is 0.337 e. The van der Waals surface area contributed by atoms with Crippen molar-refractivity contribution in [3.05, 3.63) is 34.6 Å². The van der Waals surface area contributed by atoms with E-state index in [-0.39, 0.29) is 17.9 Å². The summed E-state index contributed by atoms with van der Waals surface area (Å²) in [7, 11) is -3.21. The maximum atomic E-state index is 14.0. The molecule has 2 aliphatic rings. The third-order valence-corrected chi connectivity index (χ3v) is 7.12. The van der Waals surface area contributed by atoms with E-state index in [2.05, 4.69) is 10.6 Å². The molecular formula is C16H19F3N2O3S. The first-order valence-electron chi connectivity index (χ1n) is 8.22. The highest BCUT2D eigenvalue weighted by Crippen LogP contribution is 2.35. The molecule has 1 saturated heterocycles. The summed E-state index contributed by atoms with van der Waals surface area (Å²) in [4.78, 5) is 12.0. The maximum absolute atomic E-state index is 14.0. The Labute approximate surface area is 143 Å². The summed E-state index contributed by atoms with van der Waals surface area (Å²) in [6.45, 7) is -0.0198. The van der Waals surface area contributed by atoms with E-state index >= 15 is 0 Å². The Bertz CT molecular complexity index is 798. The van der Waals surface area contributed by atoms with Crippen molar-refractivity contribution in [2.24, 2.45) is 0 Å². The van der Waals surface area contributed by atoms with Crippen LogP contribution in [0.15, 0.2) is 6.07 Å². The van der Waals surface area contributed by atoms with Gasteiger partial charge in [-0.3, -0.25) is 0 Å². The monoisotopic (exact) mass is 376 g/mol. The van der Waals surface area contributed by atoms with Gasteiger partial charge in [0.05, 0.1) is 17.0 Å². The highest BCUT2D eigenvalue weighted by atomic mass is 32.2. The summed E-state index contributed by atoms with van der Waals surface area (Å²) in [5, 5.41) is 4.39. The van der Waals surface area contributed by atoms with E-state index in [9.17, 15) is 26.4 Å². The number of hydrogen-bond acceptors (Lipinski definition) is 3. The van der Waals surface area contributed by atoms with Gasteiger partial charge in [-0.15, -0.1) is 0 Å². The maximum Gasteiger partial charge on any atom is 0.315 e. The highest BCUT2D eigenvalue weighted by molar-refractivity contribution is 7.92. The molecule has 0 bridgehead atoms. The van der Waals surface area contributed by atoms with E-state index in [0.29, 0.717) is 31.2 Å². The third kappa shape index (κ3) is 3.61. The smallest absolute Gasteiger partial charge is 0.315 e. The van der Waals surface area contributed by atoms with E-state index in [4.69, 9.17) is 0 Å². The van der Waals surface area contributed by atoms with Crippen LogP contribution in [0.2, 0.25) is 0 Å². The highest BCUT2D eigenvalue weighted by Gasteiger charge is 2.32. The van der Waals surface area contributed by atoms with Gasteiger partial charge >= 0.3 is 6.03 Å². The molecule has 0 radical (unpaired) electrons. The third-order valence-electron chi connectivity index (χ3n) is 4.85. The van der Waals surface area contributed by atoms with Crippen molar-refractivity contribution in [2.45, 2.75) is 43.4 Å². The van der Waals surface area contributed by atoms with Crippen LogP contribution in [0.4, 0.5) is 18.0 Å². The van der Waals surface area contributed by atoms with Crippen LogP contribution in [-0.4, -0.2) is 32.0 Å². The minimum Gasteiger partial charge on any atom is -0.337 e. The molecule has 2 amide bonds. The molecule has 1 aromatic carbocycles. The van der Waals surface area contributed by atoms with Gasteiger partial charge in [0.1, 0.15) is 0 Å². The van der Waals surface area contributed by atoms with Crippen LogP contribution in [0.5, 0.6) is 0 Å². The molecule has 138 valence electrons. The average molecular weight is 376 g/mol. The second-order valence-corrected chi connectivity index (χ2v) is 8.89. The zero-order valence-corrected chi connectivity index (χ0v) is 14.3. The number of hydrogen-bond donors (Lipinski definition) is 2. The van der Waals surface area contributed by atoms with Gasteiger partial charge in [0.2, 0.25) is 0 Å². The number of urea groups is 1. The number of sulfone groups is 1. The topological polar surface area (TPSA) is 75.3 Å². The molecule has 2 atom stereocenters. The molecule has 3 rings (SSSR count). The second kappa shape index (κ2) is 6.86. The van der Waals surface area contributed by atoms with Crippen LogP contribution in [0.3, 0.4) is 0 Å². The Hall–Kier alpha value is -1.77. The van der Waals surface area contributed by atoms with E-state index in [1.807, 2.05) is 0 Å². The number of rotatable bonds is 3. The minimum absolute atomic E-state index is 0.0198. The fourth-order valence-corrected chi connectivity index (χ4v) is 5.30. The lowest BCUT2D eigenvalue weighted by Gasteiger charge is -2.23.